The molecule has 0 bridgehead atoms. The van der Waals surface area contributed by atoms with Crippen molar-refractivity contribution in [3.63, 3.8) is 0 Å². The molecule has 0 amide bonds. The zero-order valence-corrected chi connectivity index (χ0v) is 11.6. The third kappa shape index (κ3) is 2.51. The van der Waals surface area contributed by atoms with Crippen LogP contribution in [0.3, 0.4) is 0 Å². The van der Waals surface area contributed by atoms with Crippen molar-refractivity contribution in [2.24, 2.45) is 11.8 Å². The molecule has 1 aliphatic carbocycles. The molecule has 0 radical (unpaired) electrons. The van der Waals surface area contributed by atoms with E-state index in [1.54, 1.807) is 19.1 Å². The summed E-state index contributed by atoms with van der Waals surface area (Å²) >= 11 is 0. The molecule has 1 fully saturated rings. The Balaban J connectivity index is 2.38. The zero-order chi connectivity index (χ0) is 13.9. The van der Waals surface area contributed by atoms with Gasteiger partial charge in [0, 0.05) is 0 Å². The lowest BCUT2D eigenvalue weighted by Crippen LogP contribution is -2.45. The highest BCUT2D eigenvalue weighted by atomic mass is 19.1. The van der Waals surface area contributed by atoms with Crippen LogP contribution in [0.5, 0.6) is 0 Å². The summed E-state index contributed by atoms with van der Waals surface area (Å²) in [6.45, 7) is 3.94. The molecule has 0 aromatic heterocycles. The molecule has 0 spiro atoms. The number of halogens is 1. The minimum atomic E-state index is -1.61. The summed E-state index contributed by atoms with van der Waals surface area (Å²) in [5, 5.41) is 0. The molecule has 3 atom stereocenters. The van der Waals surface area contributed by atoms with Crippen LogP contribution in [0.15, 0.2) is 30.3 Å². The van der Waals surface area contributed by atoms with Gasteiger partial charge >= 0.3 is 5.97 Å². The number of hydrogen-bond donors (Lipinski definition) is 0. The number of esters is 1. The van der Waals surface area contributed by atoms with Gasteiger partial charge in [0.05, 0.1) is 12.5 Å². The summed E-state index contributed by atoms with van der Waals surface area (Å²) in [6.07, 6.45) is 2.25. The maximum absolute atomic E-state index is 15.6. The van der Waals surface area contributed by atoms with Gasteiger partial charge in [-0.3, -0.25) is 4.79 Å². The maximum atomic E-state index is 15.6. The van der Waals surface area contributed by atoms with Crippen molar-refractivity contribution in [1.82, 2.24) is 0 Å². The predicted molar refractivity (Wildman–Crippen MR) is 72.4 cm³/mol. The topological polar surface area (TPSA) is 26.3 Å². The Bertz CT molecular complexity index is 432. The van der Waals surface area contributed by atoms with Crippen molar-refractivity contribution in [1.29, 1.82) is 0 Å². The molecule has 104 valence electrons. The van der Waals surface area contributed by atoms with Crippen LogP contribution in [0.2, 0.25) is 0 Å². The average molecular weight is 264 g/mol. The lowest BCUT2D eigenvalue weighted by molar-refractivity contribution is -0.160. The molecule has 1 saturated carbocycles. The Hall–Kier alpha value is -1.38. The van der Waals surface area contributed by atoms with Gasteiger partial charge in [0.1, 0.15) is 0 Å². The molecule has 1 aromatic carbocycles. The minimum absolute atomic E-state index is 0.168. The number of carbonyl (C=O) groups excluding carboxylic acids is 1. The molecule has 0 N–H and O–H groups in total. The summed E-state index contributed by atoms with van der Waals surface area (Å²) < 4.78 is 20.7. The van der Waals surface area contributed by atoms with Crippen molar-refractivity contribution in [3.05, 3.63) is 35.9 Å². The number of ether oxygens (including phenoxy) is 1. The second-order valence-electron chi connectivity index (χ2n) is 5.27. The van der Waals surface area contributed by atoms with Crippen LogP contribution in [-0.4, -0.2) is 12.6 Å². The molecule has 0 saturated heterocycles. The largest absolute Gasteiger partial charge is 0.466 e. The summed E-state index contributed by atoms with van der Waals surface area (Å²) in [5.74, 6) is -1.25. The first-order valence-electron chi connectivity index (χ1n) is 7.01. The molecule has 1 aliphatic rings. The van der Waals surface area contributed by atoms with Crippen LogP contribution in [0.25, 0.3) is 0 Å². The van der Waals surface area contributed by atoms with Crippen LogP contribution in [0.1, 0.15) is 38.7 Å². The Kier molecular flexibility index (Phi) is 4.23. The molecule has 2 nitrogen and oxygen atoms in total. The number of benzene rings is 1. The molecule has 19 heavy (non-hydrogen) atoms. The van der Waals surface area contributed by atoms with Crippen molar-refractivity contribution in [2.75, 3.05) is 6.61 Å². The normalized spacial score (nSPS) is 30.9. The second kappa shape index (κ2) is 5.72. The minimum Gasteiger partial charge on any atom is -0.466 e. The van der Waals surface area contributed by atoms with E-state index in [1.807, 2.05) is 25.1 Å². The van der Waals surface area contributed by atoms with Gasteiger partial charge in [-0.15, -0.1) is 0 Å². The van der Waals surface area contributed by atoms with Gasteiger partial charge in [-0.05, 0) is 31.2 Å². The van der Waals surface area contributed by atoms with Gasteiger partial charge in [-0.2, -0.15) is 0 Å². The van der Waals surface area contributed by atoms with E-state index in [1.165, 1.54) is 0 Å². The summed E-state index contributed by atoms with van der Waals surface area (Å²) in [4.78, 5) is 12.1. The van der Waals surface area contributed by atoms with Gasteiger partial charge < -0.3 is 4.74 Å². The highest BCUT2D eigenvalue weighted by molar-refractivity contribution is 5.74. The standard InChI is InChI=1S/C16H21FO2/c1-3-19-15(18)14-11-7-8-12(2)16(14,17)13-9-5-4-6-10-13/h4-6,9-10,12,14H,3,7-8,11H2,1-2H3/t12-,14-,16-/m0/s1. The fraction of sp³-hybridized carbons (Fsp3) is 0.562. The van der Waals surface area contributed by atoms with Crippen LogP contribution in [-0.2, 0) is 15.2 Å². The zero-order valence-electron chi connectivity index (χ0n) is 11.6. The summed E-state index contributed by atoms with van der Waals surface area (Å²) in [7, 11) is 0. The highest BCUT2D eigenvalue weighted by Crippen LogP contribution is 2.49. The molecule has 0 aliphatic heterocycles. The van der Waals surface area contributed by atoms with Crippen molar-refractivity contribution >= 4 is 5.97 Å². The maximum Gasteiger partial charge on any atom is 0.312 e. The van der Waals surface area contributed by atoms with Crippen LogP contribution in [0, 0.1) is 11.8 Å². The molecule has 1 aromatic rings. The van der Waals surface area contributed by atoms with Crippen molar-refractivity contribution < 1.29 is 13.9 Å². The van der Waals surface area contributed by atoms with E-state index in [4.69, 9.17) is 4.74 Å². The van der Waals surface area contributed by atoms with Gasteiger partial charge in [-0.1, -0.05) is 43.7 Å². The molecule has 3 heteroatoms. The van der Waals surface area contributed by atoms with E-state index in [0.717, 1.165) is 12.8 Å². The van der Waals surface area contributed by atoms with E-state index in [0.29, 0.717) is 18.6 Å². The molecule has 0 heterocycles. The van der Waals surface area contributed by atoms with Gasteiger partial charge in [0.15, 0.2) is 5.67 Å². The molecule has 0 unspecified atom stereocenters. The Morgan fingerprint density at radius 3 is 2.68 bits per heavy atom. The highest BCUT2D eigenvalue weighted by Gasteiger charge is 2.51. The number of rotatable bonds is 3. The fourth-order valence-electron chi connectivity index (χ4n) is 3.10. The first-order chi connectivity index (χ1) is 9.10. The molecular weight excluding hydrogens is 243 g/mol. The second-order valence-corrected chi connectivity index (χ2v) is 5.27. The third-order valence-electron chi connectivity index (χ3n) is 4.14. The predicted octanol–water partition coefficient (Wildman–Crippen LogP) is 3.85. The number of hydrogen-bond acceptors (Lipinski definition) is 2. The first-order valence-corrected chi connectivity index (χ1v) is 7.01. The first kappa shape index (κ1) is 14.0. The van der Waals surface area contributed by atoms with E-state index >= 15 is 4.39 Å². The molecule has 2 rings (SSSR count). The summed E-state index contributed by atoms with van der Waals surface area (Å²) in [6, 6.07) is 9.04. The van der Waals surface area contributed by atoms with Crippen molar-refractivity contribution in [2.45, 2.75) is 38.8 Å². The Labute approximate surface area is 114 Å². The summed E-state index contributed by atoms with van der Waals surface area (Å²) in [5.41, 5.74) is -1.01. The van der Waals surface area contributed by atoms with E-state index in [9.17, 15) is 4.79 Å². The third-order valence-corrected chi connectivity index (χ3v) is 4.14. The van der Waals surface area contributed by atoms with Crippen LogP contribution in [0.4, 0.5) is 4.39 Å². The van der Waals surface area contributed by atoms with Gasteiger partial charge in [-0.25, -0.2) is 4.39 Å². The van der Waals surface area contributed by atoms with E-state index in [-0.39, 0.29) is 5.92 Å². The quantitative estimate of drug-likeness (QED) is 0.775. The van der Waals surface area contributed by atoms with Crippen LogP contribution < -0.4 is 0 Å². The number of carbonyl (C=O) groups is 1. The van der Waals surface area contributed by atoms with Crippen molar-refractivity contribution in [3.8, 4) is 0 Å². The number of alkyl halides is 1. The van der Waals surface area contributed by atoms with Crippen LogP contribution >= 0.6 is 0 Å². The monoisotopic (exact) mass is 264 g/mol. The van der Waals surface area contributed by atoms with E-state index in [2.05, 4.69) is 0 Å². The van der Waals surface area contributed by atoms with Gasteiger partial charge in [0.25, 0.3) is 0 Å². The fourth-order valence-corrected chi connectivity index (χ4v) is 3.10. The Morgan fingerprint density at radius 2 is 2.05 bits per heavy atom. The molecular formula is C16H21FO2. The smallest absolute Gasteiger partial charge is 0.312 e. The Morgan fingerprint density at radius 1 is 1.37 bits per heavy atom. The van der Waals surface area contributed by atoms with E-state index < -0.39 is 17.6 Å². The van der Waals surface area contributed by atoms with Gasteiger partial charge in [0.2, 0.25) is 0 Å². The lowest BCUT2D eigenvalue weighted by Gasteiger charge is -2.41. The SMILES string of the molecule is CCOC(=O)[C@@H]1CCC[C@H](C)[C@]1(F)c1ccccc1. The lowest BCUT2D eigenvalue weighted by atomic mass is 9.67. The average Bonchev–Trinajstić information content (AvgIpc) is 2.43.